The van der Waals surface area contributed by atoms with Gasteiger partial charge in [0.25, 0.3) is 0 Å². The van der Waals surface area contributed by atoms with Crippen LogP contribution in [0.2, 0.25) is 0 Å². The van der Waals surface area contributed by atoms with Crippen LogP contribution in [0.15, 0.2) is 30.5 Å². The van der Waals surface area contributed by atoms with Crippen molar-refractivity contribution in [2.45, 2.75) is 12.4 Å². The lowest BCUT2D eigenvalue weighted by Gasteiger charge is -1.98. The Morgan fingerprint density at radius 2 is 2.08 bits per heavy atom. The maximum atomic E-state index is 5.31. The highest BCUT2D eigenvalue weighted by atomic mass is 16.8. The number of fused-ring (bicyclic) bond motifs is 3. The zero-order valence-corrected chi connectivity index (χ0v) is 6.44. The van der Waals surface area contributed by atoms with Crippen LogP contribution in [0.5, 0.6) is 0 Å². The number of rotatable bonds is 0. The summed E-state index contributed by atoms with van der Waals surface area (Å²) < 4.78 is 10.6. The first-order chi connectivity index (χ1) is 5.95. The van der Waals surface area contributed by atoms with Gasteiger partial charge >= 0.3 is 0 Å². The van der Waals surface area contributed by atoms with Gasteiger partial charge in [0, 0.05) is 0 Å². The number of epoxide rings is 1. The van der Waals surface area contributed by atoms with E-state index in [1.54, 1.807) is 6.26 Å². The summed E-state index contributed by atoms with van der Waals surface area (Å²) in [6.45, 7) is 0. The molecule has 1 saturated heterocycles. The molecule has 0 aliphatic carbocycles. The fraction of sp³-hybridized carbons (Fsp3) is 0.200. The molecule has 2 aliphatic heterocycles. The molecule has 0 aromatic heterocycles. The van der Waals surface area contributed by atoms with Gasteiger partial charge in [-0.2, -0.15) is 0 Å². The van der Waals surface area contributed by atoms with E-state index in [0.29, 0.717) is 0 Å². The van der Waals surface area contributed by atoms with E-state index in [1.165, 1.54) is 11.1 Å². The first-order valence-electron chi connectivity index (χ1n) is 4.01. The van der Waals surface area contributed by atoms with Gasteiger partial charge in [-0.05, 0) is 17.2 Å². The summed E-state index contributed by atoms with van der Waals surface area (Å²) in [5, 5.41) is 0. The first kappa shape index (κ1) is 6.26. The van der Waals surface area contributed by atoms with Crippen molar-refractivity contribution in [2.24, 2.45) is 0 Å². The third-order valence-corrected chi connectivity index (χ3v) is 2.21. The molecule has 0 bridgehead atoms. The highest BCUT2D eigenvalue weighted by Gasteiger charge is 2.43. The third-order valence-electron chi connectivity index (χ3n) is 2.21. The Labute approximate surface area is 70.4 Å². The summed E-state index contributed by atoms with van der Waals surface area (Å²) in [6, 6.07) is 8.20. The summed E-state index contributed by atoms with van der Waals surface area (Å²) >= 11 is 0. The van der Waals surface area contributed by atoms with Crippen molar-refractivity contribution in [1.29, 1.82) is 0 Å². The molecule has 2 heteroatoms. The summed E-state index contributed by atoms with van der Waals surface area (Å²) in [4.78, 5) is 0. The van der Waals surface area contributed by atoms with Gasteiger partial charge in [-0.3, -0.25) is 0 Å². The molecule has 2 aliphatic rings. The standard InChI is InChI=1S/C10H8O2/c1-2-4-8-7(3-1)5-6-11-10-9(8)12-10/h1-6,9-10H. The van der Waals surface area contributed by atoms with Gasteiger partial charge in [-0.15, -0.1) is 0 Å². The fourth-order valence-corrected chi connectivity index (χ4v) is 1.53. The van der Waals surface area contributed by atoms with Crippen LogP contribution in [-0.2, 0) is 9.47 Å². The van der Waals surface area contributed by atoms with Crippen LogP contribution >= 0.6 is 0 Å². The summed E-state index contributed by atoms with van der Waals surface area (Å²) in [5.41, 5.74) is 2.43. The maximum absolute atomic E-state index is 5.31. The zero-order valence-electron chi connectivity index (χ0n) is 6.44. The second-order valence-corrected chi connectivity index (χ2v) is 2.99. The first-order valence-corrected chi connectivity index (χ1v) is 4.01. The van der Waals surface area contributed by atoms with Gasteiger partial charge in [0.15, 0.2) is 0 Å². The predicted molar refractivity (Wildman–Crippen MR) is 44.2 cm³/mol. The van der Waals surface area contributed by atoms with Crippen LogP contribution < -0.4 is 0 Å². The van der Waals surface area contributed by atoms with Gasteiger partial charge in [0.05, 0.1) is 6.26 Å². The van der Waals surface area contributed by atoms with Crippen LogP contribution in [0.1, 0.15) is 17.2 Å². The molecule has 0 N–H and O–H groups in total. The van der Waals surface area contributed by atoms with Crippen molar-refractivity contribution >= 4 is 6.08 Å². The van der Waals surface area contributed by atoms with E-state index in [9.17, 15) is 0 Å². The molecule has 0 radical (unpaired) electrons. The molecule has 0 spiro atoms. The zero-order chi connectivity index (χ0) is 7.97. The van der Waals surface area contributed by atoms with Crippen molar-refractivity contribution in [2.75, 3.05) is 0 Å². The van der Waals surface area contributed by atoms with Gasteiger partial charge in [0.1, 0.15) is 6.10 Å². The monoisotopic (exact) mass is 160 g/mol. The smallest absolute Gasteiger partial charge is 0.230 e. The van der Waals surface area contributed by atoms with E-state index in [2.05, 4.69) is 12.1 Å². The van der Waals surface area contributed by atoms with Crippen LogP contribution in [0.3, 0.4) is 0 Å². The lowest BCUT2D eigenvalue weighted by Crippen LogP contribution is -1.88. The van der Waals surface area contributed by atoms with E-state index in [4.69, 9.17) is 9.47 Å². The van der Waals surface area contributed by atoms with Crippen molar-refractivity contribution in [3.05, 3.63) is 41.7 Å². The van der Waals surface area contributed by atoms with E-state index in [0.717, 1.165) is 0 Å². The number of hydrogen-bond donors (Lipinski definition) is 0. The van der Waals surface area contributed by atoms with Crippen molar-refractivity contribution in [3.63, 3.8) is 0 Å². The van der Waals surface area contributed by atoms with Crippen molar-refractivity contribution < 1.29 is 9.47 Å². The molecule has 2 nitrogen and oxygen atoms in total. The average Bonchev–Trinajstić information content (AvgIpc) is 2.82. The molecule has 3 rings (SSSR count). The Hall–Kier alpha value is -1.28. The van der Waals surface area contributed by atoms with Crippen molar-refractivity contribution in [1.82, 2.24) is 0 Å². The second kappa shape index (κ2) is 2.11. The number of hydrogen-bond acceptors (Lipinski definition) is 2. The summed E-state index contributed by atoms with van der Waals surface area (Å²) in [7, 11) is 0. The summed E-state index contributed by atoms with van der Waals surface area (Å²) in [6.07, 6.45) is 3.81. The second-order valence-electron chi connectivity index (χ2n) is 2.99. The highest BCUT2D eigenvalue weighted by molar-refractivity contribution is 5.55. The number of benzene rings is 1. The van der Waals surface area contributed by atoms with Gasteiger partial charge in [-0.25, -0.2) is 0 Å². The van der Waals surface area contributed by atoms with E-state index < -0.39 is 0 Å². The molecule has 1 aromatic rings. The third kappa shape index (κ3) is 0.786. The molecule has 60 valence electrons. The minimum Gasteiger partial charge on any atom is -0.469 e. The SMILES string of the molecule is C1=Cc2ccccc2C2OC2O1. The molecule has 12 heavy (non-hydrogen) atoms. The van der Waals surface area contributed by atoms with E-state index in [-0.39, 0.29) is 12.4 Å². The predicted octanol–water partition coefficient (Wildman–Crippen LogP) is 2.08. The quantitative estimate of drug-likeness (QED) is 0.542. The lowest BCUT2D eigenvalue weighted by molar-refractivity contribution is 0.132. The Morgan fingerprint density at radius 1 is 1.17 bits per heavy atom. The van der Waals surface area contributed by atoms with Crippen LogP contribution in [0.4, 0.5) is 0 Å². The molecular weight excluding hydrogens is 152 g/mol. The largest absolute Gasteiger partial charge is 0.469 e. The molecule has 1 aromatic carbocycles. The molecule has 0 saturated carbocycles. The van der Waals surface area contributed by atoms with Crippen LogP contribution in [0.25, 0.3) is 6.08 Å². The molecule has 2 atom stereocenters. The van der Waals surface area contributed by atoms with Gasteiger partial charge in [-0.1, -0.05) is 24.3 Å². The van der Waals surface area contributed by atoms with E-state index >= 15 is 0 Å². The Bertz CT molecular complexity index is 343. The Balaban J connectivity index is 2.16. The highest BCUT2D eigenvalue weighted by Crippen LogP contribution is 2.43. The van der Waals surface area contributed by atoms with Gasteiger partial charge in [0.2, 0.25) is 6.29 Å². The Morgan fingerprint density at radius 3 is 3.08 bits per heavy atom. The Kier molecular flexibility index (Phi) is 1.10. The molecular formula is C10H8O2. The minimum atomic E-state index is -0.0371. The average molecular weight is 160 g/mol. The minimum absolute atomic E-state index is 0.0371. The topological polar surface area (TPSA) is 21.8 Å². The van der Waals surface area contributed by atoms with Crippen molar-refractivity contribution in [3.8, 4) is 0 Å². The summed E-state index contributed by atoms with van der Waals surface area (Å²) in [5.74, 6) is 0. The van der Waals surface area contributed by atoms with Crippen LogP contribution in [-0.4, -0.2) is 6.29 Å². The van der Waals surface area contributed by atoms with Crippen LogP contribution in [0, 0.1) is 0 Å². The molecule has 0 amide bonds. The number of ether oxygens (including phenoxy) is 2. The fourth-order valence-electron chi connectivity index (χ4n) is 1.53. The maximum Gasteiger partial charge on any atom is 0.230 e. The lowest BCUT2D eigenvalue weighted by atomic mass is 10.1. The normalized spacial score (nSPS) is 29.7. The molecule has 2 unspecified atom stereocenters. The molecule has 2 heterocycles. The van der Waals surface area contributed by atoms with Gasteiger partial charge < -0.3 is 9.47 Å². The molecule has 1 fully saturated rings. The van der Waals surface area contributed by atoms with E-state index in [1.807, 2.05) is 18.2 Å².